The van der Waals surface area contributed by atoms with Crippen LogP contribution in [0, 0.1) is 6.92 Å². The lowest BCUT2D eigenvalue weighted by Gasteiger charge is -2.12. The van der Waals surface area contributed by atoms with E-state index in [4.69, 9.17) is 5.14 Å². The minimum absolute atomic E-state index is 0.0948. The van der Waals surface area contributed by atoms with E-state index in [9.17, 15) is 8.42 Å². The smallest absolute Gasteiger partial charge is 0.273 e. The zero-order chi connectivity index (χ0) is 13.5. The van der Waals surface area contributed by atoms with Crippen LogP contribution in [-0.4, -0.2) is 23.2 Å². The second-order valence-electron chi connectivity index (χ2n) is 4.28. The molecule has 2 aromatic heterocycles. The predicted octanol–water partition coefficient (Wildman–Crippen LogP) is 1.54. The Bertz CT molecular complexity index is 670. The summed E-state index contributed by atoms with van der Waals surface area (Å²) in [6.07, 6.45) is 0. The van der Waals surface area contributed by atoms with E-state index in [0.29, 0.717) is 5.82 Å². The molecule has 0 aliphatic rings. The Balaban J connectivity index is 2.72. The van der Waals surface area contributed by atoms with Crippen molar-refractivity contribution in [3.05, 3.63) is 16.3 Å². The number of hydrogen-bond acceptors (Lipinski definition) is 5. The first-order valence-electron chi connectivity index (χ1n) is 5.33. The summed E-state index contributed by atoms with van der Waals surface area (Å²) in [4.78, 5) is 0. The number of nitrogens with two attached hydrogens (primary N) is 1. The Morgan fingerprint density at radius 1 is 1.33 bits per heavy atom. The summed E-state index contributed by atoms with van der Waals surface area (Å²) >= 11 is 1.54. The van der Waals surface area contributed by atoms with Crippen molar-refractivity contribution in [2.75, 3.05) is 0 Å². The van der Waals surface area contributed by atoms with E-state index in [2.05, 4.69) is 10.2 Å². The van der Waals surface area contributed by atoms with Crippen LogP contribution >= 0.6 is 11.3 Å². The molecule has 2 heterocycles. The summed E-state index contributed by atoms with van der Waals surface area (Å²) in [5, 5.41) is 16.5. The highest BCUT2D eigenvalue weighted by Gasteiger charge is 2.24. The average molecular weight is 286 g/mol. The molecule has 0 bridgehead atoms. The van der Waals surface area contributed by atoms with Gasteiger partial charge in [0.1, 0.15) is 0 Å². The van der Waals surface area contributed by atoms with Crippen LogP contribution in [0.15, 0.2) is 15.9 Å². The van der Waals surface area contributed by atoms with Gasteiger partial charge in [0, 0.05) is 17.0 Å². The first-order valence-corrected chi connectivity index (χ1v) is 7.82. The van der Waals surface area contributed by atoms with Crippen LogP contribution < -0.4 is 5.14 Å². The van der Waals surface area contributed by atoms with Gasteiger partial charge < -0.3 is 0 Å². The van der Waals surface area contributed by atoms with Gasteiger partial charge in [-0.05, 0) is 31.7 Å². The van der Waals surface area contributed by atoms with Gasteiger partial charge in [-0.1, -0.05) is 0 Å². The van der Waals surface area contributed by atoms with Gasteiger partial charge in [0.05, 0.1) is 0 Å². The lowest BCUT2D eigenvalue weighted by molar-refractivity contribution is 0.524. The second-order valence-corrected chi connectivity index (χ2v) is 6.48. The molecule has 0 saturated carbocycles. The van der Waals surface area contributed by atoms with Crippen molar-refractivity contribution in [1.82, 2.24) is 14.8 Å². The number of primary sulfonamides is 1. The van der Waals surface area contributed by atoms with E-state index in [0.717, 1.165) is 11.1 Å². The third kappa shape index (κ3) is 2.18. The Labute approximate surface area is 110 Å². The van der Waals surface area contributed by atoms with Crippen molar-refractivity contribution in [3.8, 4) is 11.4 Å². The number of thiophene rings is 1. The molecule has 0 radical (unpaired) electrons. The van der Waals surface area contributed by atoms with Gasteiger partial charge in [-0.2, -0.15) is 11.3 Å². The highest BCUT2D eigenvalue weighted by molar-refractivity contribution is 7.89. The molecule has 0 aromatic carbocycles. The van der Waals surface area contributed by atoms with Gasteiger partial charge in [-0.3, -0.25) is 4.57 Å². The molecule has 98 valence electrons. The lowest BCUT2D eigenvalue weighted by atomic mass is 10.2. The summed E-state index contributed by atoms with van der Waals surface area (Å²) in [6.45, 7) is 5.67. The Kier molecular flexibility index (Phi) is 3.26. The summed E-state index contributed by atoms with van der Waals surface area (Å²) < 4.78 is 24.5. The largest absolute Gasteiger partial charge is 0.294 e. The van der Waals surface area contributed by atoms with Crippen LogP contribution in [0.5, 0.6) is 0 Å². The van der Waals surface area contributed by atoms with E-state index in [1.807, 2.05) is 31.5 Å². The van der Waals surface area contributed by atoms with Gasteiger partial charge in [-0.15, -0.1) is 10.2 Å². The SMILES string of the molecule is Cc1cscc1-c1nnc(S(N)(=O)=O)n1C(C)C. The molecule has 0 aliphatic heterocycles. The number of aryl methyl sites for hydroxylation is 1. The number of sulfonamides is 1. The molecule has 6 nitrogen and oxygen atoms in total. The van der Waals surface area contributed by atoms with Crippen molar-refractivity contribution in [2.24, 2.45) is 5.14 Å². The summed E-state index contributed by atoms with van der Waals surface area (Å²) in [5.41, 5.74) is 1.92. The zero-order valence-electron chi connectivity index (χ0n) is 10.3. The first kappa shape index (κ1) is 13.2. The Hall–Kier alpha value is -1.25. The van der Waals surface area contributed by atoms with Gasteiger partial charge in [0.25, 0.3) is 15.2 Å². The summed E-state index contributed by atoms with van der Waals surface area (Å²) in [6, 6.07) is -0.0948. The van der Waals surface area contributed by atoms with Gasteiger partial charge in [0.2, 0.25) is 0 Å². The van der Waals surface area contributed by atoms with Crippen LogP contribution in [0.1, 0.15) is 25.5 Å². The number of aromatic nitrogens is 3. The molecule has 2 aromatic rings. The van der Waals surface area contributed by atoms with Crippen molar-refractivity contribution < 1.29 is 8.42 Å². The number of hydrogen-bond donors (Lipinski definition) is 1. The van der Waals surface area contributed by atoms with Crippen LogP contribution in [0.2, 0.25) is 0 Å². The van der Waals surface area contributed by atoms with Crippen molar-refractivity contribution in [2.45, 2.75) is 32.0 Å². The molecule has 0 amide bonds. The monoisotopic (exact) mass is 286 g/mol. The molecule has 0 unspecified atom stereocenters. The molecule has 0 aliphatic carbocycles. The maximum atomic E-state index is 11.5. The minimum Gasteiger partial charge on any atom is -0.294 e. The molecule has 2 N–H and O–H groups in total. The molecular weight excluding hydrogens is 272 g/mol. The number of rotatable bonds is 3. The topological polar surface area (TPSA) is 90.9 Å². The second kappa shape index (κ2) is 4.45. The fraction of sp³-hybridized carbons (Fsp3) is 0.400. The molecular formula is C10H14N4O2S2. The Morgan fingerprint density at radius 2 is 2.00 bits per heavy atom. The molecule has 8 heteroatoms. The maximum Gasteiger partial charge on any atom is 0.273 e. The van der Waals surface area contributed by atoms with E-state index < -0.39 is 10.0 Å². The van der Waals surface area contributed by atoms with E-state index in [1.165, 1.54) is 11.3 Å². The maximum absolute atomic E-state index is 11.5. The van der Waals surface area contributed by atoms with E-state index in [1.54, 1.807) is 4.57 Å². The van der Waals surface area contributed by atoms with Crippen molar-refractivity contribution in [3.63, 3.8) is 0 Å². The minimum atomic E-state index is -3.87. The molecule has 0 fully saturated rings. The third-order valence-corrected chi connectivity index (χ3v) is 4.18. The Morgan fingerprint density at radius 3 is 2.44 bits per heavy atom. The molecule has 0 saturated heterocycles. The molecule has 0 spiro atoms. The predicted molar refractivity (Wildman–Crippen MR) is 69.8 cm³/mol. The molecule has 18 heavy (non-hydrogen) atoms. The van der Waals surface area contributed by atoms with Crippen LogP contribution in [0.4, 0.5) is 0 Å². The standard InChI is InChI=1S/C10H14N4O2S2/c1-6(2)14-9(8-5-17-4-7(8)3)12-13-10(14)18(11,15)16/h4-6H,1-3H3,(H2,11,15,16). The number of nitrogens with zero attached hydrogens (tertiary/aromatic N) is 3. The van der Waals surface area contributed by atoms with Crippen LogP contribution in [0.3, 0.4) is 0 Å². The summed E-state index contributed by atoms with van der Waals surface area (Å²) in [5.74, 6) is 0.535. The highest BCUT2D eigenvalue weighted by atomic mass is 32.2. The van der Waals surface area contributed by atoms with E-state index in [-0.39, 0.29) is 11.2 Å². The lowest BCUT2D eigenvalue weighted by Crippen LogP contribution is -2.20. The normalized spacial score (nSPS) is 12.3. The zero-order valence-corrected chi connectivity index (χ0v) is 11.9. The average Bonchev–Trinajstić information content (AvgIpc) is 2.80. The van der Waals surface area contributed by atoms with E-state index >= 15 is 0 Å². The van der Waals surface area contributed by atoms with Crippen molar-refractivity contribution in [1.29, 1.82) is 0 Å². The van der Waals surface area contributed by atoms with Crippen molar-refractivity contribution >= 4 is 21.4 Å². The third-order valence-electron chi connectivity index (χ3n) is 2.53. The summed E-state index contributed by atoms with van der Waals surface area (Å²) in [7, 11) is -3.87. The van der Waals surface area contributed by atoms with Gasteiger partial charge in [-0.25, -0.2) is 13.6 Å². The van der Waals surface area contributed by atoms with Gasteiger partial charge in [0.15, 0.2) is 5.82 Å². The van der Waals surface area contributed by atoms with Gasteiger partial charge >= 0.3 is 0 Å². The quantitative estimate of drug-likeness (QED) is 0.926. The van der Waals surface area contributed by atoms with Crippen LogP contribution in [-0.2, 0) is 10.0 Å². The van der Waals surface area contributed by atoms with Crippen LogP contribution in [0.25, 0.3) is 11.4 Å². The molecule has 2 rings (SSSR count). The fourth-order valence-corrected chi connectivity index (χ4v) is 3.26. The highest BCUT2D eigenvalue weighted by Crippen LogP contribution is 2.28. The fourth-order valence-electron chi connectivity index (χ4n) is 1.71. The molecule has 0 atom stereocenters. The first-order chi connectivity index (χ1) is 8.32.